The fraction of sp³-hybridized carbons (Fsp3) is 0.118. The fourth-order valence-electron chi connectivity index (χ4n) is 2.28. The molecule has 3 aromatic rings. The van der Waals surface area contributed by atoms with Crippen molar-refractivity contribution >= 4 is 11.8 Å². The van der Waals surface area contributed by atoms with Crippen molar-refractivity contribution in [3.63, 3.8) is 0 Å². The van der Waals surface area contributed by atoms with Crippen LogP contribution in [0.2, 0.25) is 0 Å². The van der Waals surface area contributed by atoms with Crippen molar-refractivity contribution < 1.29 is 22.8 Å². The molecule has 0 radical (unpaired) electrons. The van der Waals surface area contributed by atoms with Crippen molar-refractivity contribution in [3.05, 3.63) is 59.3 Å². The first-order valence-electron chi connectivity index (χ1n) is 7.47. The summed E-state index contributed by atoms with van der Waals surface area (Å²) < 4.78 is 36.1. The Balaban J connectivity index is 1.80. The van der Waals surface area contributed by atoms with Crippen LogP contribution in [0.25, 0.3) is 11.3 Å². The van der Waals surface area contributed by atoms with E-state index in [0.29, 0.717) is 17.0 Å². The molecule has 0 saturated carbocycles. The Bertz CT molecular complexity index is 942. The predicted molar refractivity (Wildman–Crippen MR) is 88.2 cm³/mol. The van der Waals surface area contributed by atoms with E-state index in [0.717, 1.165) is 12.1 Å². The van der Waals surface area contributed by atoms with Gasteiger partial charge in [0.05, 0.1) is 7.11 Å². The molecule has 9 heteroatoms. The van der Waals surface area contributed by atoms with Gasteiger partial charge in [0.1, 0.15) is 11.3 Å². The smallest absolute Gasteiger partial charge is 0.259 e. The molecule has 0 saturated heterocycles. The van der Waals surface area contributed by atoms with Gasteiger partial charge in [-0.1, -0.05) is 11.2 Å². The van der Waals surface area contributed by atoms with Crippen LogP contribution in [-0.2, 0) is 6.54 Å². The average Bonchev–Trinajstić information content (AvgIpc) is 3.04. The summed E-state index contributed by atoms with van der Waals surface area (Å²) in [5.74, 6) is -2.30. The van der Waals surface area contributed by atoms with Crippen LogP contribution in [0.5, 0.6) is 5.88 Å². The van der Waals surface area contributed by atoms with Crippen molar-refractivity contribution in [1.82, 2.24) is 15.5 Å². The van der Waals surface area contributed by atoms with E-state index in [4.69, 9.17) is 15.0 Å². The van der Waals surface area contributed by atoms with Gasteiger partial charge >= 0.3 is 0 Å². The molecule has 3 N–H and O–H groups in total. The summed E-state index contributed by atoms with van der Waals surface area (Å²) >= 11 is 0. The Morgan fingerprint density at radius 2 is 2.08 bits per heavy atom. The normalized spacial score (nSPS) is 10.6. The molecule has 0 aliphatic carbocycles. The Kier molecular flexibility index (Phi) is 4.78. The molecule has 0 aliphatic heterocycles. The van der Waals surface area contributed by atoms with E-state index in [9.17, 15) is 13.6 Å². The molecule has 134 valence electrons. The van der Waals surface area contributed by atoms with Gasteiger partial charge in [-0.3, -0.25) is 4.79 Å². The standard InChI is InChI=1S/C17H14F2N4O3/c1-25-13-5-3-10(8-21-13)15-14(16(20)26-23-15)17(24)22-7-9-2-4-11(18)12(19)6-9/h2-6,8H,7,20H2,1H3,(H,22,24). The molecule has 1 aromatic carbocycles. The van der Waals surface area contributed by atoms with Crippen molar-refractivity contribution in [3.8, 4) is 17.1 Å². The zero-order chi connectivity index (χ0) is 18.7. The number of nitrogen functional groups attached to an aromatic ring is 1. The van der Waals surface area contributed by atoms with E-state index in [1.807, 2.05) is 0 Å². The second kappa shape index (κ2) is 7.18. The molecule has 0 unspecified atom stereocenters. The maximum absolute atomic E-state index is 13.2. The fourth-order valence-corrected chi connectivity index (χ4v) is 2.28. The van der Waals surface area contributed by atoms with Crippen LogP contribution >= 0.6 is 0 Å². The number of carbonyl (C=O) groups is 1. The van der Waals surface area contributed by atoms with Crippen molar-refractivity contribution in [2.45, 2.75) is 6.54 Å². The molecular formula is C17H14F2N4O3. The first-order chi connectivity index (χ1) is 12.5. The second-order valence-corrected chi connectivity index (χ2v) is 5.29. The van der Waals surface area contributed by atoms with Gasteiger partial charge in [-0.05, 0) is 23.8 Å². The Morgan fingerprint density at radius 3 is 2.73 bits per heavy atom. The van der Waals surface area contributed by atoms with Gasteiger partial charge < -0.3 is 20.3 Å². The number of hydrogen-bond donors (Lipinski definition) is 2. The lowest BCUT2D eigenvalue weighted by Gasteiger charge is -2.06. The number of ether oxygens (including phenoxy) is 1. The third kappa shape index (κ3) is 3.46. The zero-order valence-corrected chi connectivity index (χ0v) is 13.6. The van der Waals surface area contributed by atoms with Crippen LogP contribution in [0.4, 0.5) is 14.7 Å². The van der Waals surface area contributed by atoms with Crippen LogP contribution in [0.1, 0.15) is 15.9 Å². The molecule has 3 rings (SSSR count). The topological polar surface area (TPSA) is 103 Å². The zero-order valence-electron chi connectivity index (χ0n) is 13.6. The lowest BCUT2D eigenvalue weighted by molar-refractivity contribution is 0.0952. The van der Waals surface area contributed by atoms with Gasteiger partial charge in [-0.2, -0.15) is 0 Å². The minimum absolute atomic E-state index is 0.0268. The van der Waals surface area contributed by atoms with Gasteiger partial charge in [0.2, 0.25) is 11.8 Å². The quantitative estimate of drug-likeness (QED) is 0.725. The summed E-state index contributed by atoms with van der Waals surface area (Å²) in [5.41, 5.74) is 6.83. The molecule has 0 atom stereocenters. The number of nitrogens with one attached hydrogen (secondary N) is 1. The Morgan fingerprint density at radius 1 is 1.27 bits per heavy atom. The summed E-state index contributed by atoms with van der Waals surface area (Å²) in [6, 6.07) is 6.60. The van der Waals surface area contributed by atoms with Crippen LogP contribution < -0.4 is 15.8 Å². The van der Waals surface area contributed by atoms with E-state index in [-0.39, 0.29) is 23.7 Å². The molecule has 1 amide bonds. The maximum Gasteiger partial charge on any atom is 0.259 e. The van der Waals surface area contributed by atoms with Gasteiger partial charge in [0.15, 0.2) is 11.6 Å². The number of nitrogens with zero attached hydrogens (tertiary/aromatic N) is 2. The lowest BCUT2D eigenvalue weighted by Crippen LogP contribution is -2.24. The molecule has 0 bridgehead atoms. The van der Waals surface area contributed by atoms with E-state index < -0.39 is 17.5 Å². The maximum atomic E-state index is 13.2. The second-order valence-electron chi connectivity index (χ2n) is 5.29. The van der Waals surface area contributed by atoms with Crippen LogP contribution in [0.3, 0.4) is 0 Å². The van der Waals surface area contributed by atoms with Crippen molar-refractivity contribution in [1.29, 1.82) is 0 Å². The number of aromatic nitrogens is 2. The molecule has 0 aliphatic rings. The Hall–Kier alpha value is -3.49. The first-order valence-corrected chi connectivity index (χ1v) is 7.47. The van der Waals surface area contributed by atoms with Gasteiger partial charge in [0, 0.05) is 24.4 Å². The van der Waals surface area contributed by atoms with Crippen molar-refractivity contribution in [2.24, 2.45) is 0 Å². The number of anilines is 1. The minimum Gasteiger partial charge on any atom is -0.481 e. The first kappa shape index (κ1) is 17.3. The van der Waals surface area contributed by atoms with E-state index in [1.54, 1.807) is 12.1 Å². The third-order valence-electron chi connectivity index (χ3n) is 3.60. The number of carbonyl (C=O) groups excluding carboxylic acids is 1. The number of benzene rings is 1. The number of amides is 1. The predicted octanol–water partition coefficient (Wildman–Crippen LogP) is 2.54. The monoisotopic (exact) mass is 360 g/mol. The molecular weight excluding hydrogens is 346 g/mol. The molecule has 0 fully saturated rings. The van der Waals surface area contributed by atoms with Crippen LogP contribution in [0, 0.1) is 11.6 Å². The average molecular weight is 360 g/mol. The highest BCUT2D eigenvalue weighted by Crippen LogP contribution is 2.27. The Labute approximate surface area is 146 Å². The van der Waals surface area contributed by atoms with Crippen molar-refractivity contribution in [2.75, 3.05) is 12.8 Å². The van der Waals surface area contributed by atoms with Crippen LogP contribution in [0.15, 0.2) is 41.1 Å². The minimum atomic E-state index is -0.994. The summed E-state index contributed by atoms with van der Waals surface area (Å²) in [5, 5.41) is 6.36. The number of pyridine rings is 1. The highest BCUT2D eigenvalue weighted by molar-refractivity contribution is 6.03. The molecule has 0 spiro atoms. The molecule has 7 nitrogen and oxygen atoms in total. The van der Waals surface area contributed by atoms with Gasteiger partial charge in [-0.25, -0.2) is 13.8 Å². The lowest BCUT2D eigenvalue weighted by atomic mass is 10.1. The molecule has 2 heterocycles. The van der Waals surface area contributed by atoms with E-state index in [2.05, 4.69) is 15.5 Å². The molecule has 26 heavy (non-hydrogen) atoms. The summed E-state index contributed by atoms with van der Waals surface area (Å²) in [7, 11) is 1.48. The summed E-state index contributed by atoms with van der Waals surface area (Å²) in [6.07, 6.45) is 1.46. The largest absolute Gasteiger partial charge is 0.481 e. The highest BCUT2D eigenvalue weighted by atomic mass is 19.2. The number of nitrogens with two attached hydrogens (primary N) is 1. The number of methoxy groups -OCH3 is 1. The van der Waals surface area contributed by atoms with E-state index >= 15 is 0 Å². The molecule has 2 aromatic heterocycles. The summed E-state index contributed by atoms with van der Waals surface area (Å²) in [4.78, 5) is 16.5. The highest BCUT2D eigenvalue weighted by Gasteiger charge is 2.22. The number of rotatable bonds is 5. The third-order valence-corrected chi connectivity index (χ3v) is 3.60. The summed E-state index contributed by atoms with van der Waals surface area (Å²) in [6.45, 7) is -0.0268. The number of halogens is 2. The van der Waals surface area contributed by atoms with E-state index in [1.165, 1.54) is 19.4 Å². The number of hydrogen-bond acceptors (Lipinski definition) is 6. The SMILES string of the molecule is COc1ccc(-c2noc(N)c2C(=O)NCc2ccc(F)c(F)c2)cn1. The van der Waals surface area contributed by atoms with Crippen LogP contribution in [-0.4, -0.2) is 23.2 Å². The van der Waals surface area contributed by atoms with Gasteiger partial charge in [-0.15, -0.1) is 0 Å². The van der Waals surface area contributed by atoms with Gasteiger partial charge in [0.25, 0.3) is 5.91 Å².